The van der Waals surface area contributed by atoms with Gasteiger partial charge in [0.05, 0.1) is 28.9 Å². The Morgan fingerprint density at radius 2 is 1.84 bits per heavy atom. The number of benzene rings is 2. The van der Waals surface area contributed by atoms with Crippen molar-refractivity contribution < 1.29 is 19.4 Å². The lowest BCUT2D eigenvalue weighted by molar-refractivity contribution is -0.143. The number of carbonyl (C=O) groups is 2. The minimum Gasteiger partial charge on any atom is -0.478 e. The summed E-state index contributed by atoms with van der Waals surface area (Å²) in [6.07, 6.45) is 3.54. The molecule has 8 heteroatoms. The Kier molecular flexibility index (Phi) is 5.28. The number of methoxy groups -OCH3 is 1. The van der Waals surface area contributed by atoms with Crippen LogP contribution in [-0.4, -0.2) is 38.5 Å². The third-order valence-electron chi connectivity index (χ3n) is 5.41. The Morgan fingerprint density at radius 3 is 2.50 bits per heavy atom. The highest BCUT2D eigenvalue weighted by atomic mass is 16.5. The van der Waals surface area contributed by atoms with E-state index in [0.717, 1.165) is 16.5 Å². The van der Waals surface area contributed by atoms with E-state index in [2.05, 4.69) is 11.7 Å². The molecule has 2 aromatic carbocycles. The van der Waals surface area contributed by atoms with E-state index in [1.807, 2.05) is 35.0 Å². The lowest BCUT2D eigenvalue weighted by Gasteiger charge is -2.12. The summed E-state index contributed by atoms with van der Waals surface area (Å²) in [5, 5.41) is 13.7. The van der Waals surface area contributed by atoms with E-state index in [1.54, 1.807) is 25.1 Å². The summed E-state index contributed by atoms with van der Waals surface area (Å²) < 4.78 is 8.01. The molecule has 0 saturated heterocycles. The van der Waals surface area contributed by atoms with Crippen LogP contribution in [0.2, 0.25) is 0 Å². The first kappa shape index (κ1) is 20.9. The molecule has 0 saturated carbocycles. The van der Waals surface area contributed by atoms with Gasteiger partial charge in [-0.3, -0.25) is 9.89 Å². The average Bonchev–Trinajstić information content (AvgIpc) is 3.31. The maximum absolute atomic E-state index is 13.1. The zero-order valence-electron chi connectivity index (χ0n) is 17.5. The molecule has 0 bridgehead atoms. The summed E-state index contributed by atoms with van der Waals surface area (Å²) in [5.41, 5.74) is 1.89. The Morgan fingerprint density at radius 1 is 1.16 bits per heavy atom. The molecule has 0 aliphatic carbocycles. The number of H-pyrrole nitrogens is 1. The molecule has 162 valence electrons. The van der Waals surface area contributed by atoms with Crippen molar-refractivity contribution in [3.05, 3.63) is 86.8 Å². The van der Waals surface area contributed by atoms with E-state index in [9.17, 15) is 14.4 Å². The van der Waals surface area contributed by atoms with Crippen LogP contribution in [0.4, 0.5) is 0 Å². The van der Waals surface area contributed by atoms with Crippen LogP contribution in [0, 0.1) is 0 Å². The lowest BCUT2D eigenvalue weighted by Crippen LogP contribution is -2.33. The summed E-state index contributed by atoms with van der Waals surface area (Å²) in [4.78, 5) is 36.3. The van der Waals surface area contributed by atoms with Crippen molar-refractivity contribution in [1.82, 2.24) is 14.3 Å². The van der Waals surface area contributed by atoms with Gasteiger partial charge in [-0.1, -0.05) is 24.8 Å². The molecule has 4 rings (SSSR count). The Bertz CT molecular complexity index is 1510. The minimum atomic E-state index is -1.04. The number of aromatic nitrogens is 3. The van der Waals surface area contributed by atoms with Crippen molar-refractivity contribution in [3.8, 4) is 5.69 Å². The fourth-order valence-electron chi connectivity index (χ4n) is 3.69. The quantitative estimate of drug-likeness (QED) is 0.469. The molecule has 2 heterocycles. The maximum Gasteiger partial charge on any atom is 0.335 e. The number of fused-ring (bicyclic) bond motifs is 1. The van der Waals surface area contributed by atoms with Crippen molar-refractivity contribution in [3.63, 3.8) is 0 Å². The Hall–Kier alpha value is -4.33. The van der Waals surface area contributed by atoms with Gasteiger partial charge >= 0.3 is 11.9 Å². The SMILES string of the molecule is C=c1[nH]n(-c2ccc(C(=O)O)cc2)c(=O)/c1=C\c1cn(C(C)C(=O)OC)c2ccccc12. The van der Waals surface area contributed by atoms with Crippen LogP contribution in [0.15, 0.2) is 59.5 Å². The largest absolute Gasteiger partial charge is 0.478 e. The molecule has 1 atom stereocenters. The molecule has 1 unspecified atom stereocenters. The number of para-hydroxylation sites is 1. The second-order valence-electron chi connectivity index (χ2n) is 7.35. The number of hydrogen-bond donors (Lipinski definition) is 2. The second-order valence-corrected chi connectivity index (χ2v) is 7.35. The normalized spacial score (nSPS) is 12.8. The number of aromatic carboxylic acids is 1. The molecule has 0 fully saturated rings. The maximum atomic E-state index is 13.1. The molecular formula is C24H21N3O5. The van der Waals surface area contributed by atoms with E-state index in [-0.39, 0.29) is 17.1 Å². The van der Waals surface area contributed by atoms with Gasteiger partial charge < -0.3 is 14.4 Å². The van der Waals surface area contributed by atoms with Crippen molar-refractivity contribution >= 4 is 35.5 Å². The first-order valence-corrected chi connectivity index (χ1v) is 9.84. The van der Waals surface area contributed by atoms with Crippen molar-refractivity contribution in [2.45, 2.75) is 13.0 Å². The highest BCUT2D eigenvalue weighted by molar-refractivity contribution is 5.91. The zero-order chi connectivity index (χ0) is 23.0. The molecule has 2 aromatic heterocycles. The molecule has 0 aliphatic rings. The number of aromatic amines is 1. The topological polar surface area (TPSA) is 106 Å². The van der Waals surface area contributed by atoms with E-state index in [4.69, 9.17) is 9.84 Å². The first-order chi connectivity index (χ1) is 15.3. The summed E-state index contributed by atoms with van der Waals surface area (Å²) in [7, 11) is 1.35. The van der Waals surface area contributed by atoms with Crippen LogP contribution >= 0.6 is 0 Å². The molecule has 8 nitrogen and oxygen atoms in total. The van der Waals surface area contributed by atoms with E-state index in [1.165, 1.54) is 23.9 Å². The third kappa shape index (κ3) is 3.51. The number of nitrogens with one attached hydrogen (secondary N) is 1. The predicted octanol–water partition coefficient (Wildman–Crippen LogP) is 1.79. The predicted molar refractivity (Wildman–Crippen MR) is 120 cm³/mol. The molecule has 2 N–H and O–H groups in total. The van der Waals surface area contributed by atoms with Crippen LogP contribution in [0.25, 0.3) is 29.2 Å². The summed E-state index contributed by atoms with van der Waals surface area (Å²) in [6, 6.07) is 13.0. The van der Waals surface area contributed by atoms with Gasteiger partial charge in [0.25, 0.3) is 5.56 Å². The van der Waals surface area contributed by atoms with Gasteiger partial charge in [0, 0.05) is 22.7 Å². The molecule has 32 heavy (non-hydrogen) atoms. The monoisotopic (exact) mass is 431 g/mol. The number of ether oxygens (including phenoxy) is 1. The van der Waals surface area contributed by atoms with Gasteiger partial charge in [0.1, 0.15) is 6.04 Å². The molecule has 4 aromatic rings. The van der Waals surface area contributed by atoms with E-state index in [0.29, 0.717) is 16.3 Å². The van der Waals surface area contributed by atoms with Crippen LogP contribution in [0.3, 0.4) is 0 Å². The van der Waals surface area contributed by atoms with Crippen molar-refractivity contribution in [2.75, 3.05) is 7.11 Å². The van der Waals surface area contributed by atoms with Crippen LogP contribution in [0.5, 0.6) is 0 Å². The van der Waals surface area contributed by atoms with Crippen LogP contribution in [-0.2, 0) is 9.53 Å². The van der Waals surface area contributed by atoms with E-state index < -0.39 is 12.0 Å². The molecule has 0 aliphatic heterocycles. The highest BCUT2D eigenvalue weighted by Crippen LogP contribution is 2.25. The number of carboxylic acids is 1. The van der Waals surface area contributed by atoms with Gasteiger partial charge in [0.15, 0.2) is 0 Å². The second kappa shape index (κ2) is 8.07. The highest BCUT2D eigenvalue weighted by Gasteiger charge is 2.19. The molecule has 0 radical (unpaired) electrons. The zero-order valence-corrected chi connectivity index (χ0v) is 17.5. The standard InChI is InChI=1S/C24H21N3O5/c1-14-20(22(28)27(25-14)18-10-8-16(9-11-18)23(29)30)12-17-13-26(15(2)24(31)32-3)21-7-5-4-6-19(17)21/h4-13,15,25H,1H2,2-3H3,(H,29,30)/b20-12-. The van der Waals surface area contributed by atoms with Crippen LogP contribution in [0.1, 0.15) is 28.9 Å². The van der Waals surface area contributed by atoms with Gasteiger partial charge in [0.2, 0.25) is 0 Å². The molecule has 0 amide bonds. The third-order valence-corrected chi connectivity index (χ3v) is 5.41. The summed E-state index contributed by atoms with van der Waals surface area (Å²) in [5.74, 6) is -1.41. The first-order valence-electron chi connectivity index (χ1n) is 9.84. The smallest absolute Gasteiger partial charge is 0.335 e. The van der Waals surface area contributed by atoms with Crippen LogP contribution < -0.4 is 16.1 Å². The number of esters is 1. The van der Waals surface area contributed by atoms with Gasteiger partial charge in [-0.25, -0.2) is 14.3 Å². The van der Waals surface area contributed by atoms with Crippen molar-refractivity contribution in [2.24, 2.45) is 0 Å². The van der Waals surface area contributed by atoms with Crippen molar-refractivity contribution in [1.29, 1.82) is 0 Å². The van der Waals surface area contributed by atoms with E-state index >= 15 is 0 Å². The van der Waals surface area contributed by atoms with Gasteiger partial charge in [-0.15, -0.1) is 0 Å². The number of nitrogens with zero attached hydrogens (tertiary/aromatic N) is 2. The number of carboxylic acid groups (broad SMARTS) is 1. The van der Waals surface area contributed by atoms with Gasteiger partial charge in [-0.05, 0) is 43.3 Å². The minimum absolute atomic E-state index is 0.127. The number of rotatable bonds is 5. The lowest BCUT2D eigenvalue weighted by atomic mass is 10.1. The van der Waals surface area contributed by atoms with Gasteiger partial charge in [-0.2, -0.15) is 0 Å². The summed E-state index contributed by atoms with van der Waals surface area (Å²) >= 11 is 0. The molecule has 0 spiro atoms. The molecular weight excluding hydrogens is 410 g/mol. The average molecular weight is 431 g/mol. The fourth-order valence-corrected chi connectivity index (χ4v) is 3.69. The fraction of sp³-hybridized carbons (Fsp3) is 0.125. The Labute approximate surface area is 182 Å². The number of carbonyl (C=O) groups excluding carboxylic acids is 1. The Balaban J connectivity index is 1.87. The number of hydrogen-bond acceptors (Lipinski definition) is 4. The summed E-state index contributed by atoms with van der Waals surface area (Å²) in [6.45, 7) is 5.70.